The molecule has 0 spiro atoms. The molecule has 3 aromatic carbocycles. The molecule has 3 amide bonds. The van der Waals surface area contributed by atoms with Crippen molar-refractivity contribution in [1.82, 2.24) is 24.2 Å². The zero-order valence-corrected chi connectivity index (χ0v) is 34.3. The molecule has 0 aliphatic carbocycles. The summed E-state index contributed by atoms with van der Waals surface area (Å²) in [5.74, 6) is 0.143. The molecule has 2 aliphatic heterocycles. The fourth-order valence-electron chi connectivity index (χ4n) is 8.14. The Hall–Kier alpha value is -4.69. The lowest BCUT2D eigenvalue weighted by atomic mass is 9.89. The van der Waals surface area contributed by atoms with Crippen LogP contribution in [0, 0.1) is 6.92 Å². The third kappa shape index (κ3) is 9.07. The van der Waals surface area contributed by atoms with Gasteiger partial charge in [0, 0.05) is 74.9 Å². The van der Waals surface area contributed by atoms with Gasteiger partial charge in [-0.15, -0.1) is 0 Å². The molecular weight excluding hydrogens is 683 g/mol. The maximum atomic E-state index is 14.9. The van der Waals surface area contributed by atoms with Gasteiger partial charge in [-0.3, -0.25) is 14.4 Å². The summed E-state index contributed by atoms with van der Waals surface area (Å²) in [6.45, 7) is 12.6. The lowest BCUT2D eigenvalue weighted by molar-refractivity contribution is -0.131. The number of nitrogens with zero attached hydrogens (tertiary/aromatic N) is 5. The molecule has 1 atom stereocenters. The van der Waals surface area contributed by atoms with E-state index in [0.29, 0.717) is 43.6 Å². The lowest BCUT2D eigenvalue weighted by Crippen LogP contribution is -2.43. The normalized spacial score (nSPS) is 15.2. The monoisotopic (exact) mass is 743 g/mol. The van der Waals surface area contributed by atoms with Gasteiger partial charge >= 0.3 is 0 Å². The second-order valence-corrected chi connectivity index (χ2v) is 16.1. The van der Waals surface area contributed by atoms with E-state index in [1.54, 1.807) is 0 Å². The van der Waals surface area contributed by atoms with E-state index in [1.165, 1.54) is 16.7 Å². The molecule has 6 rings (SSSR count). The third-order valence-electron chi connectivity index (χ3n) is 11.8. The van der Waals surface area contributed by atoms with E-state index in [2.05, 4.69) is 98.9 Å². The molecule has 8 nitrogen and oxygen atoms in total. The van der Waals surface area contributed by atoms with E-state index in [9.17, 15) is 14.4 Å². The number of hydrogen-bond acceptors (Lipinski definition) is 4. The highest BCUT2D eigenvalue weighted by Gasteiger charge is 2.32. The Morgan fingerprint density at radius 2 is 1.45 bits per heavy atom. The van der Waals surface area contributed by atoms with Crippen LogP contribution in [0.2, 0.25) is 0 Å². The fraction of sp³-hybridized carbons (Fsp3) is 0.468. The number of carbonyl (C=O) groups is 3. The minimum Gasteiger partial charge on any atom is -0.347 e. The van der Waals surface area contributed by atoms with Crippen molar-refractivity contribution in [2.45, 2.75) is 98.2 Å². The Morgan fingerprint density at radius 3 is 2.13 bits per heavy atom. The van der Waals surface area contributed by atoms with Crippen LogP contribution >= 0.6 is 0 Å². The zero-order valence-electron chi connectivity index (χ0n) is 34.3. The number of rotatable bonds is 14. The average Bonchev–Trinajstić information content (AvgIpc) is 3.48. The van der Waals surface area contributed by atoms with Crippen molar-refractivity contribution < 1.29 is 14.4 Å². The number of amides is 3. The second kappa shape index (κ2) is 17.8. The molecule has 55 heavy (non-hydrogen) atoms. The van der Waals surface area contributed by atoms with Gasteiger partial charge in [-0.05, 0) is 112 Å². The number of unbranched alkanes of at least 4 members (excludes halogenated alkanes) is 2. The molecule has 0 unspecified atom stereocenters. The van der Waals surface area contributed by atoms with Crippen LogP contribution in [0.4, 0.5) is 0 Å². The first-order valence-corrected chi connectivity index (χ1v) is 20.5. The number of aromatic nitrogens is 1. The van der Waals surface area contributed by atoms with E-state index in [1.807, 2.05) is 40.8 Å². The van der Waals surface area contributed by atoms with Crippen molar-refractivity contribution >= 4 is 17.7 Å². The van der Waals surface area contributed by atoms with Gasteiger partial charge in [0.05, 0.1) is 12.0 Å². The summed E-state index contributed by atoms with van der Waals surface area (Å²) in [5.41, 5.74) is 10.9. The molecule has 0 bridgehead atoms. The second-order valence-electron chi connectivity index (χ2n) is 16.1. The Bertz CT molecular complexity index is 1990. The largest absolute Gasteiger partial charge is 0.347 e. The highest BCUT2D eigenvalue weighted by Crippen LogP contribution is 2.35. The molecule has 0 saturated carbocycles. The summed E-state index contributed by atoms with van der Waals surface area (Å²) < 4.78 is 2.09. The molecule has 0 N–H and O–H groups in total. The Balaban J connectivity index is 1.33. The SMILES string of the molecule is CCCCN(CCCC)C(=O)c1cc(-c2cc3c(cc2C(=O)N2Cc4ccccc4C[C@H]2C)CN(C(=O)Cc2ccc(CCN(C)C)cc2)CC3)n(C)c1C. The summed E-state index contributed by atoms with van der Waals surface area (Å²) >= 11 is 0. The molecule has 0 radical (unpaired) electrons. The molecule has 4 aromatic rings. The van der Waals surface area contributed by atoms with Gasteiger partial charge in [0.2, 0.25) is 5.91 Å². The van der Waals surface area contributed by atoms with Crippen molar-refractivity contribution in [2.24, 2.45) is 7.05 Å². The molecule has 2 aliphatic rings. The van der Waals surface area contributed by atoms with E-state index < -0.39 is 0 Å². The molecular formula is C47H61N5O3. The predicted octanol–water partition coefficient (Wildman–Crippen LogP) is 7.86. The van der Waals surface area contributed by atoms with Crippen LogP contribution in [0.15, 0.2) is 66.7 Å². The summed E-state index contributed by atoms with van der Waals surface area (Å²) in [7, 11) is 6.16. The van der Waals surface area contributed by atoms with Crippen molar-refractivity contribution in [3.63, 3.8) is 0 Å². The first kappa shape index (κ1) is 40.0. The van der Waals surface area contributed by atoms with Crippen molar-refractivity contribution in [1.29, 1.82) is 0 Å². The summed E-state index contributed by atoms with van der Waals surface area (Å²) in [6.07, 6.45) is 6.84. The highest BCUT2D eigenvalue weighted by molar-refractivity contribution is 6.03. The average molecular weight is 744 g/mol. The fourth-order valence-corrected chi connectivity index (χ4v) is 8.14. The van der Waals surface area contributed by atoms with Gasteiger partial charge in [-0.1, -0.05) is 75.2 Å². The number of fused-ring (bicyclic) bond motifs is 2. The van der Waals surface area contributed by atoms with E-state index in [0.717, 1.165) is 91.8 Å². The number of likely N-dealkylation sites (N-methyl/N-ethyl adjacent to an activating group) is 1. The predicted molar refractivity (Wildman–Crippen MR) is 222 cm³/mol. The van der Waals surface area contributed by atoms with E-state index in [4.69, 9.17) is 0 Å². The van der Waals surface area contributed by atoms with Gasteiger partial charge in [-0.2, -0.15) is 0 Å². The van der Waals surface area contributed by atoms with Crippen molar-refractivity contribution in [3.8, 4) is 11.3 Å². The van der Waals surface area contributed by atoms with Gasteiger partial charge < -0.3 is 24.2 Å². The Labute approximate surface area is 329 Å². The van der Waals surface area contributed by atoms with Crippen LogP contribution in [-0.2, 0) is 50.6 Å². The minimum absolute atomic E-state index is 0.0168. The summed E-state index contributed by atoms with van der Waals surface area (Å²) in [5, 5.41) is 0. The molecule has 0 fully saturated rings. The smallest absolute Gasteiger partial charge is 0.255 e. The van der Waals surface area contributed by atoms with Gasteiger partial charge in [0.25, 0.3) is 11.8 Å². The summed E-state index contributed by atoms with van der Waals surface area (Å²) in [6, 6.07) is 23.1. The van der Waals surface area contributed by atoms with E-state index >= 15 is 0 Å². The van der Waals surface area contributed by atoms with Crippen molar-refractivity contribution in [3.05, 3.63) is 117 Å². The number of hydrogen-bond donors (Lipinski definition) is 0. The first-order valence-electron chi connectivity index (χ1n) is 20.5. The van der Waals surface area contributed by atoms with E-state index in [-0.39, 0.29) is 23.8 Å². The summed E-state index contributed by atoms with van der Waals surface area (Å²) in [4.78, 5) is 50.9. The maximum absolute atomic E-state index is 14.9. The lowest BCUT2D eigenvalue weighted by Gasteiger charge is -2.36. The zero-order chi connectivity index (χ0) is 39.2. The maximum Gasteiger partial charge on any atom is 0.255 e. The van der Waals surface area contributed by atoms with Crippen LogP contribution in [0.5, 0.6) is 0 Å². The van der Waals surface area contributed by atoms with Gasteiger partial charge in [0.1, 0.15) is 0 Å². The Morgan fingerprint density at radius 1 is 0.782 bits per heavy atom. The van der Waals surface area contributed by atoms with Crippen molar-refractivity contribution in [2.75, 3.05) is 40.3 Å². The van der Waals surface area contributed by atoms with Crippen LogP contribution in [-0.4, -0.2) is 88.2 Å². The van der Waals surface area contributed by atoms with Gasteiger partial charge in [-0.25, -0.2) is 0 Å². The molecule has 8 heteroatoms. The molecule has 3 heterocycles. The topological polar surface area (TPSA) is 69.1 Å². The van der Waals surface area contributed by atoms with Crippen LogP contribution in [0.25, 0.3) is 11.3 Å². The first-order chi connectivity index (χ1) is 26.5. The number of benzene rings is 3. The molecule has 0 saturated heterocycles. The van der Waals surface area contributed by atoms with Crippen LogP contribution in [0.1, 0.15) is 106 Å². The van der Waals surface area contributed by atoms with Crippen LogP contribution < -0.4 is 0 Å². The minimum atomic E-state index is -0.0168. The highest BCUT2D eigenvalue weighted by atomic mass is 16.2. The molecule has 292 valence electrons. The quantitative estimate of drug-likeness (QED) is 0.132. The standard InChI is InChI=1S/C47H61N5O3/c1-8-10-22-50(23-11-9-2)46(54)41-30-44(49(7)34(41)4)42-28-38-21-25-51(45(53)27-36-18-16-35(17-19-36)20-24-48(5)6)31-40(38)29-43(42)47(55)52-32-39-15-13-12-14-37(39)26-33(52)3/h12-19,28-30,33H,8-11,20-27,31-32H2,1-7H3/t33-/m1/s1. The third-order valence-corrected chi connectivity index (χ3v) is 11.8. The van der Waals surface area contributed by atoms with Crippen LogP contribution in [0.3, 0.4) is 0 Å². The Kier molecular flexibility index (Phi) is 13.0. The number of carbonyl (C=O) groups excluding carboxylic acids is 3. The van der Waals surface area contributed by atoms with Gasteiger partial charge in [0.15, 0.2) is 0 Å². The molecule has 1 aromatic heterocycles.